The highest BCUT2D eigenvalue weighted by Gasteiger charge is 2.22. The second-order valence-corrected chi connectivity index (χ2v) is 9.96. The Morgan fingerprint density at radius 3 is 2.54 bits per heavy atom. The summed E-state index contributed by atoms with van der Waals surface area (Å²) < 4.78 is 6.24. The molecule has 0 saturated carbocycles. The summed E-state index contributed by atoms with van der Waals surface area (Å²) in [5, 5.41) is 23.6. The van der Waals surface area contributed by atoms with E-state index in [0.29, 0.717) is 28.7 Å². The van der Waals surface area contributed by atoms with Crippen molar-refractivity contribution in [3.63, 3.8) is 0 Å². The Labute approximate surface area is 217 Å². The zero-order chi connectivity index (χ0) is 25.9. The Morgan fingerprint density at radius 2 is 1.89 bits per heavy atom. The third-order valence-corrected chi connectivity index (χ3v) is 7.15. The van der Waals surface area contributed by atoms with Crippen LogP contribution in [-0.4, -0.2) is 43.9 Å². The number of thiazole rings is 1. The molecule has 0 bridgehead atoms. The number of anilines is 1. The van der Waals surface area contributed by atoms with Gasteiger partial charge in [-0.2, -0.15) is 15.2 Å². The topological polar surface area (TPSA) is 130 Å². The summed E-state index contributed by atoms with van der Waals surface area (Å²) in [4.78, 5) is 27.3. The maximum absolute atomic E-state index is 10.9. The number of ether oxygens (including phenoxy) is 1. The molecule has 10 nitrogen and oxygen atoms in total. The Bertz CT molecular complexity index is 1470. The maximum atomic E-state index is 10.9. The first-order valence-electron chi connectivity index (χ1n) is 11.9. The first kappa shape index (κ1) is 24.5. The van der Waals surface area contributed by atoms with Crippen molar-refractivity contribution >= 4 is 33.3 Å². The molecule has 0 aliphatic carbocycles. The summed E-state index contributed by atoms with van der Waals surface area (Å²) in [6.07, 6.45) is 1.84. The summed E-state index contributed by atoms with van der Waals surface area (Å²) in [5.74, 6) is 1.56. The predicted molar refractivity (Wildman–Crippen MR) is 141 cm³/mol. The van der Waals surface area contributed by atoms with Crippen molar-refractivity contribution in [1.29, 1.82) is 5.26 Å². The van der Waals surface area contributed by atoms with Gasteiger partial charge in [0.25, 0.3) is 11.6 Å². The van der Waals surface area contributed by atoms with Gasteiger partial charge in [0.1, 0.15) is 5.75 Å². The van der Waals surface area contributed by atoms with Crippen LogP contribution < -0.4 is 10.1 Å². The van der Waals surface area contributed by atoms with E-state index in [-0.39, 0.29) is 16.7 Å². The van der Waals surface area contributed by atoms with Gasteiger partial charge in [0, 0.05) is 37.8 Å². The van der Waals surface area contributed by atoms with Crippen LogP contribution in [-0.2, 0) is 6.54 Å². The molecule has 0 amide bonds. The number of nitrogens with zero attached hydrogens (tertiary/aromatic N) is 6. The lowest BCUT2D eigenvalue weighted by Gasteiger charge is -2.32. The number of non-ortho nitro benzene ring substituents is 1. The van der Waals surface area contributed by atoms with Crippen LogP contribution in [0.1, 0.15) is 35.1 Å². The van der Waals surface area contributed by atoms with Crippen molar-refractivity contribution in [3.8, 4) is 17.7 Å². The number of nitro benzene ring substituents is 1. The molecule has 0 unspecified atom stereocenters. The van der Waals surface area contributed by atoms with Gasteiger partial charge in [-0.1, -0.05) is 12.1 Å². The number of aromatic nitrogens is 3. The number of aryl methyl sites for hydroxylation is 2. The number of nitro groups is 1. The molecule has 2 aromatic carbocycles. The quantitative estimate of drug-likeness (QED) is 0.255. The number of nitrogens with one attached hydrogen (secondary N) is 1. The molecule has 188 valence electrons. The summed E-state index contributed by atoms with van der Waals surface area (Å²) in [5.41, 5.74) is 5.80. The summed E-state index contributed by atoms with van der Waals surface area (Å²) in [6, 6.07) is 12.7. The number of hydrogen-bond acceptors (Lipinski definition) is 10. The van der Waals surface area contributed by atoms with Gasteiger partial charge in [-0.15, -0.1) is 11.3 Å². The van der Waals surface area contributed by atoms with Gasteiger partial charge in [0.2, 0.25) is 5.95 Å². The fourth-order valence-electron chi connectivity index (χ4n) is 4.54. The third kappa shape index (κ3) is 5.50. The monoisotopic (exact) mass is 515 g/mol. The van der Waals surface area contributed by atoms with Gasteiger partial charge in [-0.3, -0.25) is 15.0 Å². The van der Waals surface area contributed by atoms with Crippen LogP contribution in [0, 0.1) is 35.3 Å². The third-order valence-electron chi connectivity index (χ3n) is 6.43. The van der Waals surface area contributed by atoms with Crippen LogP contribution in [0.5, 0.6) is 11.6 Å². The molecule has 0 atom stereocenters. The van der Waals surface area contributed by atoms with Gasteiger partial charge in [0.05, 0.1) is 22.1 Å². The largest absolute Gasteiger partial charge is 0.436 e. The molecule has 3 heterocycles. The molecule has 0 radical (unpaired) electrons. The van der Waals surface area contributed by atoms with Gasteiger partial charge < -0.3 is 10.1 Å². The molecule has 1 N–H and O–H groups in total. The van der Waals surface area contributed by atoms with Crippen molar-refractivity contribution in [3.05, 3.63) is 74.3 Å². The number of fused-ring (bicyclic) bond motifs is 1. The van der Waals surface area contributed by atoms with E-state index in [1.807, 2.05) is 26.0 Å². The number of rotatable bonds is 7. The Hall–Kier alpha value is -4.14. The minimum Gasteiger partial charge on any atom is -0.436 e. The van der Waals surface area contributed by atoms with Crippen LogP contribution in [0.3, 0.4) is 0 Å². The van der Waals surface area contributed by atoms with Crippen LogP contribution in [0.25, 0.3) is 10.3 Å². The lowest BCUT2D eigenvalue weighted by atomic mass is 10.0. The lowest BCUT2D eigenvalue weighted by Crippen LogP contribution is -2.39. The molecule has 4 aromatic rings. The Morgan fingerprint density at radius 1 is 1.19 bits per heavy atom. The van der Waals surface area contributed by atoms with Gasteiger partial charge in [-0.25, -0.2) is 4.98 Å². The zero-order valence-corrected chi connectivity index (χ0v) is 21.3. The number of nitriles is 1. The summed E-state index contributed by atoms with van der Waals surface area (Å²) >= 11 is 1.43. The van der Waals surface area contributed by atoms with Crippen molar-refractivity contribution in [2.45, 2.75) is 39.3 Å². The van der Waals surface area contributed by atoms with Crippen molar-refractivity contribution in [2.24, 2.45) is 0 Å². The summed E-state index contributed by atoms with van der Waals surface area (Å²) in [6.45, 7) is 6.36. The van der Waals surface area contributed by atoms with E-state index >= 15 is 0 Å². The van der Waals surface area contributed by atoms with Crippen molar-refractivity contribution < 1.29 is 9.66 Å². The molecule has 37 heavy (non-hydrogen) atoms. The van der Waals surface area contributed by atoms with E-state index in [1.54, 1.807) is 29.8 Å². The van der Waals surface area contributed by atoms with Crippen LogP contribution in [0.15, 0.2) is 41.9 Å². The Kier molecular flexibility index (Phi) is 6.94. The highest BCUT2D eigenvalue weighted by molar-refractivity contribution is 7.16. The van der Waals surface area contributed by atoms with E-state index in [4.69, 9.17) is 4.74 Å². The molecule has 1 aliphatic rings. The van der Waals surface area contributed by atoms with E-state index in [9.17, 15) is 15.4 Å². The Balaban J connectivity index is 1.26. The fourth-order valence-corrected chi connectivity index (χ4v) is 5.19. The van der Waals surface area contributed by atoms with Gasteiger partial charge in [0.15, 0.2) is 10.3 Å². The zero-order valence-electron chi connectivity index (χ0n) is 20.5. The van der Waals surface area contributed by atoms with E-state index in [1.165, 1.54) is 11.3 Å². The second kappa shape index (κ2) is 10.5. The molecule has 1 aliphatic heterocycles. The fraction of sp³-hybridized carbons (Fsp3) is 0.308. The van der Waals surface area contributed by atoms with Crippen molar-refractivity contribution in [2.75, 3.05) is 18.4 Å². The minimum absolute atomic E-state index is 0.109. The maximum Gasteiger partial charge on any atom is 0.269 e. The normalized spacial score (nSPS) is 14.4. The SMILES string of the molecule is Cc1cc(C#N)cc(C)c1Oc1nc(NC2CCN(Cc3ccc([N+](=O)[O-])cc3)CC2)nc2scnc12. The second-order valence-electron chi connectivity index (χ2n) is 9.13. The molecule has 1 fully saturated rings. The van der Waals surface area contributed by atoms with E-state index < -0.39 is 0 Å². The highest BCUT2D eigenvalue weighted by atomic mass is 32.1. The molecular formula is C26H25N7O3S. The van der Waals surface area contributed by atoms with Crippen LogP contribution >= 0.6 is 11.3 Å². The van der Waals surface area contributed by atoms with Crippen molar-refractivity contribution in [1.82, 2.24) is 19.9 Å². The molecule has 2 aromatic heterocycles. The summed E-state index contributed by atoms with van der Waals surface area (Å²) in [7, 11) is 0. The molecule has 0 spiro atoms. The van der Waals surface area contributed by atoms with Gasteiger partial charge >= 0.3 is 0 Å². The number of benzene rings is 2. The first-order chi connectivity index (χ1) is 17.9. The molecular weight excluding hydrogens is 490 g/mol. The van der Waals surface area contributed by atoms with E-state index in [0.717, 1.165) is 54.0 Å². The smallest absolute Gasteiger partial charge is 0.269 e. The van der Waals surface area contributed by atoms with E-state index in [2.05, 4.69) is 31.2 Å². The standard InChI is InChI=1S/C26H25N7O3S/c1-16-11-19(13-27)12-17(2)23(16)36-24-22-25(37-15-28-22)31-26(30-24)29-20-7-9-32(10-8-20)14-18-3-5-21(6-4-18)33(34)35/h3-6,11-12,15,20H,7-10,14H2,1-2H3,(H,29,30,31). The molecule has 5 rings (SSSR count). The average Bonchev–Trinajstić information content (AvgIpc) is 3.36. The number of piperidine rings is 1. The number of hydrogen-bond donors (Lipinski definition) is 1. The van der Waals surface area contributed by atoms with Crippen LogP contribution in [0.2, 0.25) is 0 Å². The number of likely N-dealkylation sites (tertiary alicyclic amines) is 1. The van der Waals surface area contributed by atoms with Gasteiger partial charge in [-0.05, 0) is 55.5 Å². The average molecular weight is 516 g/mol. The molecule has 11 heteroatoms. The minimum atomic E-state index is -0.379. The lowest BCUT2D eigenvalue weighted by molar-refractivity contribution is -0.384. The first-order valence-corrected chi connectivity index (χ1v) is 12.8. The van der Waals surface area contributed by atoms with Crippen LogP contribution in [0.4, 0.5) is 11.6 Å². The predicted octanol–water partition coefficient (Wildman–Crippen LogP) is 5.35. The molecule has 1 saturated heterocycles. The highest BCUT2D eigenvalue weighted by Crippen LogP contribution is 2.34.